The number of nitrogens with zero attached hydrogens (tertiary/aromatic N) is 1. The third-order valence-corrected chi connectivity index (χ3v) is 3.60. The summed E-state index contributed by atoms with van der Waals surface area (Å²) < 4.78 is 5.66. The summed E-state index contributed by atoms with van der Waals surface area (Å²) in [4.78, 5) is 2.53. The van der Waals surface area contributed by atoms with Crippen molar-refractivity contribution in [2.75, 3.05) is 13.1 Å². The van der Waals surface area contributed by atoms with E-state index in [-0.39, 0.29) is 0 Å². The van der Waals surface area contributed by atoms with Crippen molar-refractivity contribution in [3.8, 4) is 0 Å². The molecule has 2 rings (SSSR count). The fourth-order valence-corrected chi connectivity index (χ4v) is 2.47. The highest BCUT2D eigenvalue weighted by molar-refractivity contribution is 5.16. The number of hydrogen-bond acceptors (Lipinski definition) is 3. The lowest BCUT2D eigenvalue weighted by Crippen LogP contribution is -2.26. The average molecular weight is 250 g/mol. The smallest absolute Gasteiger partial charge is 0.122 e. The van der Waals surface area contributed by atoms with Crippen molar-refractivity contribution in [2.24, 2.45) is 0 Å². The van der Waals surface area contributed by atoms with Gasteiger partial charge in [-0.1, -0.05) is 26.7 Å². The largest absolute Gasteiger partial charge is 0.468 e. The van der Waals surface area contributed by atoms with Gasteiger partial charge in [-0.05, 0) is 32.0 Å². The van der Waals surface area contributed by atoms with Gasteiger partial charge in [0.05, 0.1) is 12.8 Å². The van der Waals surface area contributed by atoms with Crippen molar-refractivity contribution in [3.05, 3.63) is 23.7 Å². The molecule has 0 radical (unpaired) electrons. The standard InChI is InChI=1S/C15H26N2O/c1-13(2)16-11-14-7-10-18-15(14)12-17-8-5-3-4-6-9-17/h7,10,13,16H,3-6,8-9,11-12H2,1-2H3. The molecule has 3 heteroatoms. The van der Waals surface area contributed by atoms with E-state index in [2.05, 4.69) is 30.1 Å². The van der Waals surface area contributed by atoms with Crippen LogP contribution in [0.2, 0.25) is 0 Å². The summed E-state index contributed by atoms with van der Waals surface area (Å²) in [5, 5.41) is 3.46. The zero-order valence-electron chi connectivity index (χ0n) is 11.7. The Kier molecular flexibility index (Phi) is 5.26. The van der Waals surface area contributed by atoms with Gasteiger partial charge in [-0.2, -0.15) is 0 Å². The summed E-state index contributed by atoms with van der Waals surface area (Å²) in [6, 6.07) is 2.62. The highest BCUT2D eigenvalue weighted by Gasteiger charge is 2.14. The first-order chi connectivity index (χ1) is 8.75. The van der Waals surface area contributed by atoms with E-state index in [9.17, 15) is 0 Å². The van der Waals surface area contributed by atoms with Gasteiger partial charge in [0, 0.05) is 18.2 Å². The first-order valence-corrected chi connectivity index (χ1v) is 7.26. The Labute approximate surface area is 111 Å². The molecule has 0 spiro atoms. The van der Waals surface area contributed by atoms with Crippen LogP contribution in [0.4, 0.5) is 0 Å². The molecule has 0 saturated carbocycles. The molecule has 1 aromatic heterocycles. The minimum atomic E-state index is 0.519. The van der Waals surface area contributed by atoms with E-state index in [1.54, 1.807) is 0 Å². The first-order valence-electron chi connectivity index (χ1n) is 7.26. The molecule has 0 amide bonds. The molecule has 1 aliphatic heterocycles. The Morgan fingerprint density at radius 2 is 1.94 bits per heavy atom. The maximum atomic E-state index is 5.66. The number of nitrogens with one attached hydrogen (secondary N) is 1. The fraction of sp³-hybridized carbons (Fsp3) is 0.733. The quantitative estimate of drug-likeness (QED) is 0.870. The molecule has 102 valence electrons. The summed E-state index contributed by atoms with van der Waals surface area (Å²) in [7, 11) is 0. The fourth-order valence-electron chi connectivity index (χ4n) is 2.47. The van der Waals surface area contributed by atoms with Gasteiger partial charge in [0.25, 0.3) is 0 Å². The maximum Gasteiger partial charge on any atom is 0.122 e. The van der Waals surface area contributed by atoms with Crippen LogP contribution in [0, 0.1) is 0 Å². The zero-order chi connectivity index (χ0) is 12.8. The molecule has 0 aromatic carbocycles. The second-order valence-corrected chi connectivity index (χ2v) is 5.59. The third-order valence-electron chi connectivity index (χ3n) is 3.60. The Balaban J connectivity index is 1.89. The Bertz CT molecular complexity index is 338. The molecule has 2 heterocycles. The van der Waals surface area contributed by atoms with E-state index in [4.69, 9.17) is 4.42 Å². The predicted molar refractivity (Wildman–Crippen MR) is 74.4 cm³/mol. The van der Waals surface area contributed by atoms with E-state index < -0.39 is 0 Å². The van der Waals surface area contributed by atoms with Gasteiger partial charge >= 0.3 is 0 Å². The van der Waals surface area contributed by atoms with Crippen molar-refractivity contribution in [1.29, 1.82) is 0 Å². The zero-order valence-corrected chi connectivity index (χ0v) is 11.7. The SMILES string of the molecule is CC(C)NCc1ccoc1CN1CCCCCC1. The minimum absolute atomic E-state index is 0.519. The maximum absolute atomic E-state index is 5.66. The summed E-state index contributed by atoms with van der Waals surface area (Å²) in [5.74, 6) is 1.14. The molecule has 1 N–H and O–H groups in total. The molecule has 0 unspecified atom stereocenters. The molecule has 0 atom stereocenters. The van der Waals surface area contributed by atoms with Crippen molar-refractivity contribution in [3.63, 3.8) is 0 Å². The van der Waals surface area contributed by atoms with Crippen LogP contribution in [0.1, 0.15) is 50.9 Å². The average Bonchev–Trinajstić information content (AvgIpc) is 2.60. The topological polar surface area (TPSA) is 28.4 Å². The van der Waals surface area contributed by atoms with Crippen LogP contribution in [0.5, 0.6) is 0 Å². The van der Waals surface area contributed by atoms with Crippen LogP contribution >= 0.6 is 0 Å². The number of rotatable bonds is 5. The van der Waals surface area contributed by atoms with Gasteiger partial charge in [0.15, 0.2) is 0 Å². The van der Waals surface area contributed by atoms with Gasteiger partial charge < -0.3 is 9.73 Å². The normalized spacial score (nSPS) is 18.2. The molecule has 1 aromatic rings. The molecule has 0 bridgehead atoms. The van der Waals surface area contributed by atoms with Crippen LogP contribution in [0.3, 0.4) is 0 Å². The van der Waals surface area contributed by atoms with Gasteiger partial charge in [-0.3, -0.25) is 4.90 Å². The van der Waals surface area contributed by atoms with Crippen LogP contribution in [-0.4, -0.2) is 24.0 Å². The van der Waals surface area contributed by atoms with Crippen molar-refractivity contribution < 1.29 is 4.42 Å². The van der Waals surface area contributed by atoms with Gasteiger partial charge in [0.2, 0.25) is 0 Å². The van der Waals surface area contributed by atoms with Crippen molar-refractivity contribution in [2.45, 2.75) is 58.7 Å². The lowest BCUT2D eigenvalue weighted by Gasteiger charge is -2.19. The van der Waals surface area contributed by atoms with Gasteiger partial charge in [0.1, 0.15) is 5.76 Å². The molecule has 0 aliphatic carbocycles. The molecule has 18 heavy (non-hydrogen) atoms. The highest BCUT2D eigenvalue weighted by Crippen LogP contribution is 2.17. The van der Waals surface area contributed by atoms with Crippen LogP contribution in [0.15, 0.2) is 16.7 Å². The molecule has 1 fully saturated rings. The Morgan fingerprint density at radius 1 is 1.22 bits per heavy atom. The lowest BCUT2D eigenvalue weighted by molar-refractivity contribution is 0.251. The second kappa shape index (κ2) is 6.95. The van der Waals surface area contributed by atoms with E-state index in [0.717, 1.165) is 18.8 Å². The summed E-state index contributed by atoms with van der Waals surface area (Å²) in [6.45, 7) is 8.68. The van der Waals surface area contributed by atoms with Crippen LogP contribution in [-0.2, 0) is 13.1 Å². The van der Waals surface area contributed by atoms with Gasteiger partial charge in [-0.25, -0.2) is 0 Å². The van der Waals surface area contributed by atoms with Crippen LogP contribution < -0.4 is 5.32 Å². The number of furan rings is 1. The number of hydrogen-bond donors (Lipinski definition) is 1. The molecular weight excluding hydrogens is 224 g/mol. The van der Waals surface area contributed by atoms with Crippen LogP contribution in [0.25, 0.3) is 0 Å². The van der Waals surface area contributed by atoms with Gasteiger partial charge in [-0.15, -0.1) is 0 Å². The molecule has 1 aliphatic rings. The summed E-state index contributed by atoms with van der Waals surface area (Å²) in [5.41, 5.74) is 1.31. The third kappa shape index (κ3) is 4.14. The monoisotopic (exact) mass is 250 g/mol. The first kappa shape index (κ1) is 13.6. The summed E-state index contributed by atoms with van der Waals surface area (Å²) in [6.07, 6.45) is 7.26. The van der Waals surface area contributed by atoms with E-state index >= 15 is 0 Å². The van der Waals surface area contributed by atoms with Crippen molar-refractivity contribution in [1.82, 2.24) is 10.2 Å². The molecular formula is C15H26N2O. The number of likely N-dealkylation sites (tertiary alicyclic amines) is 1. The Hall–Kier alpha value is -0.800. The van der Waals surface area contributed by atoms with E-state index in [1.807, 2.05) is 6.26 Å². The minimum Gasteiger partial charge on any atom is -0.468 e. The van der Waals surface area contributed by atoms with E-state index in [0.29, 0.717) is 6.04 Å². The Morgan fingerprint density at radius 3 is 2.61 bits per heavy atom. The molecule has 3 nitrogen and oxygen atoms in total. The second-order valence-electron chi connectivity index (χ2n) is 5.59. The van der Waals surface area contributed by atoms with Crippen molar-refractivity contribution >= 4 is 0 Å². The molecule has 1 saturated heterocycles. The summed E-state index contributed by atoms with van der Waals surface area (Å²) >= 11 is 0. The highest BCUT2D eigenvalue weighted by atomic mass is 16.3. The van der Waals surface area contributed by atoms with E-state index in [1.165, 1.54) is 44.3 Å². The lowest BCUT2D eigenvalue weighted by atomic mass is 10.2. The predicted octanol–water partition coefficient (Wildman–Crippen LogP) is 3.15.